The highest BCUT2D eigenvalue weighted by atomic mass is 16.3. The normalized spacial score (nSPS) is 17.8. The van der Waals surface area contributed by atoms with Crippen molar-refractivity contribution in [1.82, 2.24) is 0 Å². The van der Waals surface area contributed by atoms with Crippen molar-refractivity contribution in [3.05, 3.63) is 234 Å². The molecular formula is C58H49NO. The molecule has 1 heterocycles. The van der Waals surface area contributed by atoms with E-state index >= 15 is 0 Å². The smallest absolute Gasteiger partial charge is 0.134 e. The van der Waals surface area contributed by atoms with Crippen LogP contribution in [0.3, 0.4) is 0 Å². The van der Waals surface area contributed by atoms with Gasteiger partial charge in [-0.15, -0.1) is 0 Å². The van der Waals surface area contributed by atoms with Gasteiger partial charge in [0, 0.05) is 33.6 Å². The number of fused-ring (bicyclic) bond motifs is 11. The summed E-state index contributed by atoms with van der Waals surface area (Å²) in [5, 5.41) is 0. The van der Waals surface area contributed by atoms with Crippen molar-refractivity contribution in [1.29, 1.82) is 0 Å². The molecule has 2 heteroatoms. The van der Waals surface area contributed by atoms with Gasteiger partial charge in [-0.3, -0.25) is 0 Å². The van der Waals surface area contributed by atoms with E-state index in [9.17, 15) is 0 Å². The van der Waals surface area contributed by atoms with E-state index in [-0.39, 0.29) is 5.41 Å². The third-order valence-corrected chi connectivity index (χ3v) is 13.2. The maximum Gasteiger partial charge on any atom is 0.134 e. The van der Waals surface area contributed by atoms with Crippen LogP contribution in [0, 0.1) is 5.92 Å². The predicted octanol–water partition coefficient (Wildman–Crippen LogP) is 15.6. The Morgan fingerprint density at radius 2 is 1.28 bits per heavy atom. The Bertz CT molecular complexity index is 2930. The molecule has 0 fully saturated rings. The zero-order valence-electron chi connectivity index (χ0n) is 34.9. The number of hydrogen-bond acceptors (Lipinski definition) is 2. The first-order valence-electron chi connectivity index (χ1n) is 21.2. The van der Waals surface area contributed by atoms with E-state index in [4.69, 9.17) is 4.42 Å². The van der Waals surface area contributed by atoms with E-state index < -0.39 is 5.41 Å². The van der Waals surface area contributed by atoms with E-state index in [1.54, 1.807) is 0 Å². The average Bonchev–Trinajstić information content (AvgIpc) is 3.96. The topological polar surface area (TPSA) is 16.4 Å². The summed E-state index contributed by atoms with van der Waals surface area (Å²) in [5.74, 6) is 2.08. The molecule has 0 N–H and O–H groups in total. The summed E-state index contributed by atoms with van der Waals surface area (Å²) in [6, 6.07) is 51.7. The van der Waals surface area contributed by atoms with Crippen LogP contribution in [0.25, 0.3) is 45.5 Å². The SMILES string of the molecule is C=C/C=C\C(C)/C=C1\Cc2ccc(N(c3ccc(-c4ccccc4)cc3)c3ccc4c(c3)C3(c5ccccc5-4)c4ccccc4-c4c3oc(C=C)c4/C=C\C)cc2C1(C)C. The minimum atomic E-state index is -0.648. The summed E-state index contributed by atoms with van der Waals surface area (Å²) < 4.78 is 7.05. The summed E-state index contributed by atoms with van der Waals surface area (Å²) in [5.41, 5.74) is 18.8. The van der Waals surface area contributed by atoms with Gasteiger partial charge in [-0.05, 0) is 117 Å². The number of rotatable bonds is 9. The van der Waals surface area contributed by atoms with Crippen LogP contribution in [0.2, 0.25) is 0 Å². The zero-order chi connectivity index (χ0) is 41.2. The molecule has 0 saturated carbocycles. The first kappa shape index (κ1) is 37.4. The lowest BCUT2D eigenvalue weighted by atomic mass is 9.73. The molecule has 0 saturated heterocycles. The zero-order valence-corrected chi connectivity index (χ0v) is 34.9. The molecule has 10 rings (SSSR count). The molecule has 0 radical (unpaired) electrons. The fourth-order valence-electron chi connectivity index (χ4n) is 10.4. The summed E-state index contributed by atoms with van der Waals surface area (Å²) in [4.78, 5) is 2.45. The number of allylic oxidation sites excluding steroid dienone is 6. The van der Waals surface area contributed by atoms with Crippen molar-refractivity contribution >= 4 is 29.2 Å². The molecule has 60 heavy (non-hydrogen) atoms. The lowest BCUT2D eigenvalue weighted by Gasteiger charge is -2.31. The average molecular weight is 776 g/mol. The number of benzene rings is 6. The van der Waals surface area contributed by atoms with Crippen molar-refractivity contribution < 1.29 is 4.42 Å². The Balaban J connectivity index is 1.19. The maximum atomic E-state index is 7.05. The van der Waals surface area contributed by atoms with Crippen molar-refractivity contribution in [2.24, 2.45) is 5.92 Å². The number of anilines is 3. The molecule has 3 aliphatic carbocycles. The van der Waals surface area contributed by atoms with E-state index in [2.05, 4.69) is 210 Å². The van der Waals surface area contributed by atoms with Crippen LogP contribution in [0.4, 0.5) is 17.1 Å². The van der Waals surface area contributed by atoms with Crippen molar-refractivity contribution in [2.75, 3.05) is 4.90 Å². The van der Waals surface area contributed by atoms with Gasteiger partial charge >= 0.3 is 0 Å². The number of hydrogen-bond donors (Lipinski definition) is 0. The monoisotopic (exact) mass is 775 g/mol. The van der Waals surface area contributed by atoms with E-state index in [0.29, 0.717) is 5.92 Å². The van der Waals surface area contributed by atoms with Gasteiger partial charge in [0.1, 0.15) is 16.9 Å². The standard InChI is InChI=1S/C58H49NO/c1-7-10-19-38(4)34-42-35-41-28-31-44(36-52(41)57(42,5)6)59(43-29-26-40(27-30-43)39-20-12-11-13-21-39)45-32-33-47-46-22-14-16-24-50(46)58(53(47)37-45)51-25-17-15-23-48(51)55-49(18-8-2)54(9-3)60-56(55)58/h7-34,36-38H,1,3,35H2,2,4-6H3/b18-8-,19-10-,42-34+. The molecule has 7 aromatic rings. The quantitative estimate of drug-likeness (QED) is 0.107. The molecule has 3 aliphatic rings. The van der Waals surface area contributed by atoms with Crippen molar-refractivity contribution in [3.63, 3.8) is 0 Å². The van der Waals surface area contributed by atoms with Crippen molar-refractivity contribution in [3.8, 4) is 33.4 Å². The first-order chi connectivity index (χ1) is 29.3. The van der Waals surface area contributed by atoms with Crippen LogP contribution in [-0.4, -0.2) is 0 Å². The van der Waals surface area contributed by atoms with Gasteiger partial charge in [-0.2, -0.15) is 0 Å². The predicted molar refractivity (Wildman–Crippen MR) is 253 cm³/mol. The molecule has 0 aliphatic heterocycles. The lowest BCUT2D eigenvalue weighted by Crippen LogP contribution is -2.26. The third-order valence-electron chi connectivity index (χ3n) is 13.2. The number of nitrogens with zero attached hydrogens (tertiary/aromatic N) is 1. The molecule has 0 amide bonds. The molecule has 1 spiro atoms. The number of furan rings is 1. The highest BCUT2D eigenvalue weighted by Gasteiger charge is 2.55. The van der Waals surface area contributed by atoms with Gasteiger partial charge in [0.2, 0.25) is 0 Å². The summed E-state index contributed by atoms with van der Waals surface area (Å²) in [6.07, 6.45) is 15.6. The Kier molecular flexibility index (Phi) is 8.99. The van der Waals surface area contributed by atoms with Gasteiger partial charge in [0.25, 0.3) is 0 Å². The minimum absolute atomic E-state index is 0.120. The van der Waals surface area contributed by atoms with Gasteiger partial charge in [0.05, 0.1) is 0 Å². The second-order valence-electron chi connectivity index (χ2n) is 16.9. The molecule has 0 bridgehead atoms. The van der Waals surface area contributed by atoms with E-state index in [1.807, 2.05) is 18.2 Å². The van der Waals surface area contributed by atoms with Gasteiger partial charge in [-0.25, -0.2) is 0 Å². The Morgan fingerprint density at radius 3 is 2.00 bits per heavy atom. The fourth-order valence-corrected chi connectivity index (χ4v) is 10.4. The molecule has 292 valence electrons. The summed E-state index contributed by atoms with van der Waals surface area (Å²) >= 11 is 0. The molecule has 2 unspecified atom stereocenters. The van der Waals surface area contributed by atoms with Crippen LogP contribution in [0.15, 0.2) is 193 Å². The van der Waals surface area contributed by atoms with Crippen LogP contribution in [0.1, 0.15) is 72.6 Å². The van der Waals surface area contributed by atoms with E-state index in [0.717, 1.165) is 46.1 Å². The van der Waals surface area contributed by atoms with E-state index in [1.165, 1.54) is 61.2 Å². The summed E-state index contributed by atoms with van der Waals surface area (Å²) in [6.45, 7) is 17.2. The minimum Gasteiger partial charge on any atom is -0.459 e. The Hall–Kier alpha value is -6.90. The summed E-state index contributed by atoms with van der Waals surface area (Å²) in [7, 11) is 0. The van der Waals surface area contributed by atoms with Crippen LogP contribution in [-0.2, 0) is 17.3 Å². The maximum absolute atomic E-state index is 7.05. The third kappa shape index (κ3) is 5.54. The van der Waals surface area contributed by atoms with Gasteiger partial charge < -0.3 is 9.32 Å². The largest absolute Gasteiger partial charge is 0.459 e. The van der Waals surface area contributed by atoms with Crippen LogP contribution in [0.5, 0.6) is 0 Å². The van der Waals surface area contributed by atoms with Crippen LogP contribution < -0.4 is 4.90 Å². The fraction of sp³-hybridized carbons (Fsp3) is 0.138. The molecular weight excluding hydrogens is 727 g/mol. The molecule has 2 nitrogen and oxygen atoms in total. The Morgan fingerprint density at radius 1 is 0.667 bits per heavy atom. The second kappa shape index (κ2) is 14.4. The first-order valence-corrected chi connectivity index (χ1v) is 21.2. The highest BCUT2D eigenvalue weighted by molar-refractivity contribution is 5.98. The lowest BCUT2D eigenvalue weighted by molar-refractivity contribution is 0.467. The second-order valence-corrected chi connectivity index (χ2v) is 16.9. The van der Waals surface area contributed by atoms with Crippen LogP contribution >= 0.6 is 0 Å². The van der Waals surface area contributed by atoms with Gasteiger partial charge in [0.15, 0.2) is 0 Å². The van der Waals surface area contributed by atoms with Gasteiger partial charge in [-0.1, -0.05) is 179 Å². The van der Waals surface area contributed by atoms with Crippen molar-refractivity contribution in [2.45, 2.75) is 44.9 Å². The Labute approximate surface area is 354 Å². The molecule has 2 atom stereocenters. The molecule has 6 aromatic carbocycles. The molecule has 1 aromatic heterocycles. The highest BCUT2D eigenvalue weighted by Crippen LogP contribution is 2.65.